The summed E-state index contributed by atoms with van der Waals surface area (Å²) < 4.78 is 5.78. The number of amides is 1. The van der Waals surface area contributed by atoms with Gasteiger partial charge in [-0.3, -0.25) is 9.59 Å². The van der Waals surface area contributed by atoms with E-state index in [-0.39, 0.29) is 24.9 Å². The quantitative estimate of drug-likeness (QED) is 0.875. The molecule has 0 spiro atoms. The average Bonchev–Trinajstić information content (AvgIpc) is 2.64. The Balaban J connectivity index is 1.57. The van der Waals surface area contributed by atoms with Crippen molar-refractivity contribution in [2.24, 2.45) is 5.92 Å². The number of likely N-dealkylation sites (tertiary alicyclic amines) is 1. The minimum atomic E-state index is -0.775. The van der Waals surface area contributed by atoms with Crippen molar-refractivity contribution >= 4 is 22.6 Å². The zero-order valence-electron chi connectivity index (χ0n) is 14.2. The molecule has 1 fully saturated rings. The van der Waals surface area contributed by atoms with Gasteiger partial charge < -0.3 is 14.7 Å². The van der Waals surface area contributed by atoms with E-state index >= 15 is 0 Å². The molecule has 0 bridgehead atoms. The number of carbonyl (C=O) groups excluding carboxylic acids is 1. The van der Waals surface area contributed by atoms with Crippen LogP contribution in [0.3, 0.4) is 0 Å². The third-order valence-corrected chi connectivity index (χ3v) is 4.74. The van der Waals surface area contributed by atoms with Crippen LogP contribution in [0.15, 0.2) is 42.5 Å². The van der Waals surface area contributed by atoms with Crippen molar-refractivity contribution < 1.29 is 19.4 Å². The van der Waals surface area contributed by atoms with Gasteiger partial charge in [-0.05, 0) is 36.6 Å². The van der Waals surface area contributed by atoms with E-state index in [1.807, 2.05) is 42.5 Å². The van der Waals surface area contributed by atoms with Gasteiger partial charge in [0.2, 0.25) is 0 Å². The fraction of sp³-hybridized carbons (Fsp3) is 0.400. The summed E-state index contributed by atoms with van der Waals surface area (Å²) in [5, 5.41) is 10.9. The number of fused-ring (bicyclic) bond motifs is 1. The van der Waals surface area contributed by atoms with Crippen LogP contribution >= 0.6 is 0 Å². The van der Waals surface area contributed by atoms with Crippen molar-refractivity contribution in [3.05, 3.63) is 42.5 Å². The fourth-order valence-corrected chi connectivity index (χ4v) is 3.41. The van der Waals surface area contributed by atoms with Gasteiger partial charge in [-0.25, -0.2) is 0 Å². The summed E-state index contributed by atoms with van der Waals surface area (Å²) in [6.07, 6.45) is 2.70. The Bertz CT molecular complexity index is 753. The number of hydrogen-bond acceptors (Lipinski definition) is 3. The van der Waals surface area contributed by atoms with Crippen LogP contribution in [0.2, 0.25) is 0 Å². The van der Waals surface area contributed by atoms with E-state index in [0.717, 1.165) is 30.2 Å². The predicted molar refractivity (Wildman–Crippen MR) is 95.6 cm³/mol. The van der Waals surface area contributed by atoms with Crippen LogP contribution < -0.4 is 4.74 Å². The van der Waals surface area contributed by atoms with Crippen molar-refractivity contribution in [3.63, 3.8) is 0 Å². The first-order chi connectivity index (χ1) is 12.1. The van der Waals surface area contributed by atoms with Gasteiger partial charge in [-0.15, -0.1) is 0 Å². The van der Waals surface area contributed by atoms with Gasteiger partial charge in [0.25, 0.3) is 5.91 Å². The van der Waals surface area contributed by atoms with E-state index in [0.29, 0.717) is 18.7 Å². The number of piperidine rings is 1. The van der Waals surface area contributed by atoms with Crippen LogP contribution in [-0.4, -0.2) is 41.6 Å². The second kappa shape index (κ2) is 8.01. The summed E-state index contributed by atoms with van der Waals surface area (Å²) in [4.78, 5) is 25.0. The molecule has 0 radical (unpaired) electrons. The molecular formula is C20H23NO4. The smallest absolute Gasteiger partial charge is 0.303 e. The second-order valence-electron chi connectivity index (χ2n) is 6.55. The summed E-state index contributed by atoms with van der Waals surface area (Å²) >= 11 is 0. The second-order valence-corrected chi connectivity index (χ2v) is 6.55. The first kappa shape index (κ1) is 17.3. The van der Waals surface area contributed by atoms with Crippen molar-refractivity contribution in [2.75, 3.05) is 19.7 Å². The molecule has 3 rings (SSSR count). The van der Waals surface area contributed by atoms with Crippen LogP contribution in [-0.2, 0) is 9.59 Å². The van der Waals surface area contributed by atoms with Gasteiger partial charge in [-0.1, -0.05) is 36.4 Å². The monoisotopic (exact) mass is 341 g/mol. The van der Waals surface area contributed by atoms with E-state index < -0.39 is 5.97 Å². The van der Waals surface area contributed by atoms with Crippen molar-refractivity contribution in [1.82, 2.24) is 4.90 Å². The molecular weight excluding hydrogens is 318 g/mol. The molecule has 132 valence electrons. The Kier molecular flexibility index (Phi) is 5.53. The summed E-state index contributed by atoms with van der Waals surface area (Å²) in [5.41, 5.74) is 0. The highest BCUT2D eigenvalue weighted by Gasteiger charge is 2.24. The Morgan fingerprint density at radius 2 is 1.96 bits per heavy atom. The molecule has 1 aliphatic heterocycles. The molecule has 2 aromatic carbocycles. The van der Waals surface area contributed by atoms with Crippen LogP contribution in [0, 0.1) is 5.92 Å². The molecule has 2 aromatic rings. The molecule has 0 aliphatic carbocycles. The molecule has 1 saturated heterocycles. The first-order valence-electron chi connectivity index (χ1n) is 8.73. The highest BCUT2D eigenvalue weighted by molar-refractivity contribution is 5.88. The number of ether oxygens (including phenoxy) is 1. The third kappa shape index (κ3) is 4.50. The number of aliphatic carboxylic acids is 1. The van der Waals surface area contributed by atoms with E-state index in [1.165, 1.54) is 0 Å². The SMILES string of the molecule is O=C(O)CCC1CCCN(C(=O)COc2cccc3ccccc23)C1. The molecule has 5 nitrogen and oxygen atoms in total. The molecule has 1 aliphatic rings. The minimum absolute atomic E-state index is 0.0135. The fourth-order valence-electron chi connectivity index (χ4n) is 3.41. The normalized spacial score (nSPS) is 17.4. The highest BCUT2D eigenvalue weighted by Crippen LogP contribution is 2.25. The van der Waals surface area contributed by atoms with Crippen LogP contribution in [0.25, 0.3) is 10.8 Å². The Morgan fingerprint density at radius 1 is 1.16 bits per heavy atom. The molecule has 0 saturated carbocycles. The van der Waals surface area contributed by atoms with Crippen LogP contribution in [0.5, 0.6) is 5.75 Å². The first-order valence-corrected chi connectivity index (χ1v) is 8.73. The van der Waals surface area contributed by atoms with Gasteiger partial charge in [-0.2, -0.15) is 0 Å². The molecule has 25 heavy (non-hydrogen) atoms. The molecule has 5 heteroatoms. The molecule has 0 aromatic heterocycles. The lowest BCUT2D eigenvalue weighted by atomic mass is 9.93. The molecule has 1 unspecified atom stereocenters. The average molecular weight is 341 g/mol. The largest absolute Gasteiger partial charge is 0.483 e. The summed E-state index contributed by atoms with van der Waals surface area (Å²) in [6.45, 7) is 1.37. The molecule has 1 amide bonds. The highest BCUT2D eigenvalue weighted by atomic mass is 16.5. The standard InChI is InChI=1S/C20H23NO4/c22-19(21-12-4-5-15(13-21)10-11-20(23)24)14-25-18-9-3-7-16-6-1-2-8-17(16)18/h1-3,6-9,15H,4-5,10-14H2,(H,23,24). The minimum Gasteiger partial charge on any atom is -0.483 e. The van der Waals surface area contributed by atoms with Crippen LogP contribution in [0.1, 0.15) is 25.7 Å². The van der Waals surface area contributed by atoms with Crippen molar-refractivity contribution in [3.8, 4) is 5.75 Å². The Morgan fingerprint density at radius 3 is 2.80 bits per heavy atom. The van der Waals surface area contributed by atoms with E-state index in [4.69, 9.17) is 9.84 Å². The number of carbonyl (C=O) groups is 2. The number of carboxylic acids is 1. The van der Waals surface area contributed by atoms with Gasteiger partial charge >= 0.3 is 5.97 Å². The number of benzene rings is 2. The zero-order valence-corrected chi connectivity index (χ0v) is 14.2. The van der Waals surface area contributed by atoms with Crippen LogP contribution in [0.4, 0.5) is 0 Å². The third-order valence-electron chi connectivity index (χ3n) is 4.74. The summed E-state index contributed by atoms with van der Waals surface area (Å²) in [6, 6.07) is 13.7. The number of rotatable bonds is 6. The molecule has 1 N–H and O–H groups in total. The van der Waals surface area contributed by atoms with Gasteiger partial charge in [0.1, 0.15) is 5.75 Å². The van der Waals surface area contributed by atoms with Gasteiger partial charge in [0.15, 0.2) is 6.61 Å². The summed E-state index contributed by atoms with van der Waals surface area (Å²) in [7, 11) is 0. The van der Waals surface area contributed by atoms with Gasteiger partial charge in [0, 0.05) is 24.9 Å². The maximum absolute atomic E-state index is 12.5. The van der Waals surface area contributed by atoms with Crippen molar-refractivity contribution in [1.29, 1.82) is 0 Å². The van der Waals surface area contributed by atoms with E-state index in [9.17, 15) is 9.59 Å². The molecule has 1 heterocycles. The maximum atomic E-state index is 12.5. The lowest BCUT2D eigenvalue weighted by Crippen LogP contribution is -2.42. The maximum Gasteiger partial charge on any atom is 0.303 e. The van der Waals surface area contributed by atoms with Crippen molar-refractivity contribution in [2.45, 2.75) is 25.7 Å². The predicted octanol–water partition coefficient (Wildman–Crippen LogP) is 3.32. The lowest BCUT2D eigenvalue weighted by Gasteiger charge is -2.32. The zero-order chi connectivity index (χ0) is 17.6. The number of carboxylic acid groups (broad SMARTS) is 1. The topological polar surface area (TPSA) is 66.8 Å². The summed E-state index contributed by atoms with van der Waals surface area (Å²) in [5.74, 6) is 0.174. The Labute approximate surface area is 147 Å². The Hall–Kier alpha value is -2.56. The lowest BCUT2D eigenvalue weighted by molar-refractivity contribution is -0.137. The van der Waals surface area contributed by atoms with E-state index in [1.54, 1.807) is 4.90 Å². The molecule has 1 atom stereocenters. The van der Waals surface area contributed by atoms with Gasteiger partial charge in [0.05, 0.1) is 0 Å². The number of hydrogen-bond donors (Lipinski definition) is 1. The number of nitrogens with zero attached hydrogens (tertiary/aromatic N) is 1. The van der Waals surface area contributed by atoms with E-state index in [2.05, 4.69) is 0 Å².